The van der Waals surface area contributed by atoms with Gasteiger partial charge in [0.05, 0.1) is 33.2 Å². The molecule has 3 N–H and O–H groups in total. The normalized spacial score (nSPS) is 19.4. The molecule has 0 unspecified atom stereocenters. The molecule has 2 atom stereocenters. The average molecular weight is 526 g/mol. The number of amides is 2. The van der Waals surface area contributed by atoms with Gasteiger partial charge in [0, 0.05) is 12.7 Å². The van der Waals surface area contributed by atoms with E-state index in [0.29, 0.717) is 16.1 Å². The first kappa shape index (κ1) is 26.1. The number of urea groups is 1. The monoisotopic (exact) mass is 525 g/mol. The Morgan fingerprint density at radius 3 is 2.47 bits per heavy atom. The van der Waals surface area contributed by atoms with E-state index >= 15 is 0 Å². The average Bonchev–Trinajstić information content (AvgIpc) is 3.31. The molecule has 14 heteroatoms. The zero-order chi connectivity index (χ0) is 25.6. The number of carbonyl (C=O) groups is 1. The van der Waals surface area contributed by atoms with Crippen molar-refractivity contribution in [1.29, 1.82) is 0 Å². The van der Waals surface area contributed by atoms with Crippen LogP contribution in [0, 0.1) is 12.8 Å². The molecular weight excluding hydrogens is 504 g/mol. The maximum absolute atomic E-state index is 13.4. The van der Waals surface area contributed by atoms with Crippen LogP contribution in [0.2, 0.25) is 0 Å². The largest absolute Gasteiger partial charge is 0.399 e. The van der Waals surface area contributed by atoms with Crippen molar-refractivity contribution in [3.63, 3.8) is 0 Å². The highest BCUT2D eigenvalue weighted by Gasteiger charge is 2.50. The third-order valence-electron chi connectivity index (χ3n) is 5.73. The third-order valence-corrected chi connectivity index (χ3v) is 7.13. The standard InChI is InChI=1S/C20H21F6N5OS2/c1-9-14(10-4-5-28-13(6-10)18(2,3)20(24,25)26)34-16(29-9)30-17(32)31-8-11(19(21,22)23)7-12(31)15(27)33/h4-6,11-12H,7-8H2,1-3H3,(H2,27,33)(H,29,30,32)/t11-,12-/m0/s1. The molecule has 2 aromatic heterocycles. The number of thiocarbonyl (C=S) groups is 1. The van der Waals surface area contributed by atoms with Gasteiger partial charge in [-0.25, -0.2) is 9.78 Å². The Kier molecular flexibility index (Phi) is 6.88. The molecule has 186 valence electrons. The number of halogens is 6. The Hall–Kier alpha value is -2.48. The molecule has 0 saturated carbocycles. The highest BCUT2D eigenvalue weighted by atomic mass is 32.1. The van der Waals surface area contributed by atoms with E-state index in [1.165, 1.54) is 18.3 Å². The summed E-state index contributed by atoms with van der Waals surface area (Å²) in [5.41, 5.74) is 4.00. The SMILES string of the molecule is Cc1nc(NC(=O)N2C[C@@H](C(F)(F)F)C[C@H]2C(N)=S)sc1-c1ccnc(C(C)(C)C(F)(F)F)c1. The van der Waals surface area contributed by atoms with Gasteiger partial charge >= 0.3 is 18.4 Å². The van der Waals surface area contributed by atoms with Crippen LogP contribution in [-0.4, -0.2) is 50.8 Å². The minimum absolute atomic E-state index is 0.0723. The number of nitrogens with one attached hydrogen (secondary N) is 1. The number of hydrogen-bond donors (Lipinski definition) is 2. The second kappa shape index (κ2) is 8.95. The topological polar surface area (TPSA) is 84.1 Å². The number of carbonyl (C=O) groups excluding carboxylic acids is 1. The fourth-order valence-electron chi connectivity index (χ4n) is 3.51. The fourth-order valence-corrected chi connectivity index (χ4v) is 4.68. The van der Waals surface area contributed by atoms with Gasteiger partial charge in [-0.1, -0.05) is 23.6 Å². The number of likely N-dealkylation sites (tertiary alicyclic amines) is 1. The zero-order valence-electron chi connectivity index (χ0n) is 18.2. The molecule has 2 aromatic rings. The summed E-state index contributed by atoms with van der Waals surface area (Å²) >= 11 is 5.82. The van der Waals surface area contributed by atoms with Gasteiger partial charge in [-0.3, -0.25) is 10.3 Å². The van der Waals surface area contributed by atoms with Crippen LogP contribution in [0.3, 0.4) is 0 Å². The number of pyridine rings is 1. The van der Waals surface area contributed by atoms with Crippen LogP contribution in [-0.2, 0) is 5.41 Å². The van der Waals surface area contributed by atoms with Gasteiger partial charge < -0.3 is 10.6 Å². The number of aryl methyl sites for hydroxylation is 1. The molecule has 1 fully saturated rings. The zero-order valence-corrected chi connectivity index (χ0v) is 19.8. The van der Waals surface area contributed by atoms with E-state index in [1.807, 2.05) is 0 Å². The van der Waals surface area contributed by atoms with E-state index in [9.17, 15) is 31.1 Å². The number of nitrogens with two attached hydrogens (primary N) is 1. The maximum Gasteiger partial charge on any atom is 0.399 e. The Bertz CT molecular complexity index is 1100. The number of nitrogens with zero attached hydrogens (tertiary/aromatic N) is 3. The highest BCUT2D eigenvalue weighted by molar-refractivity contribution is 7.80. The van der Waals surface area contributed by atoms with Crippen LogP contribution in [0.5, 0.6) is 0 Å². The predicted octanol–water partition coefficient (Wildman–Crippen LogP) is 5.42. The summed E-state index contributed by atoms with van der Waals surface area (Å²) < 4.78 is 79.8. The lowest BCUT2D eigenvalue weighted by Gasteiger charge is -2.27. The number of hydrogen-bond acceptors (Lipinski definition) is 5. The molecule has 0 spiro atoms. The smallest absolute Gasteiger partial charge is 0.392 e. The van der Waals surface area contributed by atoms with Crippen molar-refractivity contribution < 1.29 is 31.1 Å². The van der Waals surface area contributed by atoms with Crippen molar-refractivity contribution in [2.75, 3.05) is 11.9 Å². The summed E-state index contributed by atoms with van der Waals surface area (Å²) in [5.74, 6) is -1.76. The van der Waals surface area contributed by atoms with Gasteiger partial charge in [0.1, 0.15) is 5.41 Å². The Balaban J connectivity index is 1.84. The van der Waals surface area contributed by atoms with E-state index in [0.717, 1.165) is 30.1 Å². The molecule has 3 rings (SSSR count). The number of rotatable bonds is 4. The number of aromatic nitrogens is 2. The lowest BCUT2D eigenvalue weighted by atomic mass is 9.87. The molecule has 34 heavy (non-hydrogen) atoms. The van der Waals surface area contributed by atoms with Gasteiger partial charge in [-0.05, 0) is 44.9 Å². The van der Waals surface area contributed by atoms with E-state index in [2.05, 4.69) is 15.3 Å². The maximum atomic E-state index is 13.4. The van der Waals surface area contributed by atoms with Crippen LogP contribution in [0.25, 0.3) is 10.4 Å². The number of anilines is 1. The lowest BCUT2D eigenvalue weighted by Crippen LogP contribution is -2.45. The number of thiazole rings is 1. The van der Waals surface area contributed by atoms with E-state index in [-0.39, 0.29) is 15.8 Å². The van der Waals surface area contributed by atoms with Crippen LogP contribution in [0.1, 0.15) is 31.7 Å². The van der Waals surface area contributed by atoms with E-state index in [1.54, 1.807) is 6.92 Å². The van der Waals surface area contributed by atoms with Gasteiger partial charge in [0.2, 0.25) is 0 Å². The summed E-state index contributed by atoms with van der Waals surface area (Å²) in [6.45, 7) is 3.04. The van der Waals surface area contributed by atoms with E-state index in [4.69, 9.17) is 18.0 Å². The summed E-state index contributed by atoms with van der Waals surface area (Å²) in [5, 5.41) is 2.53. The Morgan fingerprint density at radius 2 is 1.91 bits per heavy atom. The molecule has 1 aliphatic heterocycles. The van der Waals surface area contributed by atoms with Crippen molar-refractivity contribution >= 4 is 39.7 Å². The minimum atomic E-state index is -4.52. The molecule has 0 aliphatic carbocycles. The first-order chi connectivity index (χ1) is 15.5. The molecule has 3 heterocycles. The van der Waals surface area contributed by atoms with Crippen LogP contribution in [0.4, 0.5) is 36.3 Å². The van der Waals surface area contributed by atoms with Crippen molar-refractivity contribution in [1.82, 2.24) is 14.9 Å². The summed E-state index contributed by atoms with van der Waals surface area (Å²) in [7, 11) is 0. The lowest BCUT2D eigenvalue weighted by molar-refractivity contribution is -0.181. The highest BCUT2D eigenvalue weighted by Crippen LogP contribution is 2.42. The molecule has 1 saturated heterocycles. The quantitative estimate of drug-likeness (QED) is 0.411. The second-order valence-electron chi connectivity index (χ2n) is 8.46. The van der Waals surface area contributed by atoms with Gasteiger partial charge in [-0.2, -0.15) is 26.3 Å². The first-order valence-electron chi connectivity index (χ1n) is 9.97. The molecule has 0 radical (unpaired) electrons. The van der Waals surface area contributed by atoms with Crippen molar-refractivity contribution in [2.24, 2.45) is 11.7 Å². The molecule has 1 aliphatic rings. The number of alkyl halides is 6. The van der Waals surface area contributed by atoms with Gasteiger partial charge in [0.25, 0.3) is 0 Å². The van der Waals surface area contributed by atoms with Crippen molar-refractivity contribution in [3.8, 4) is 10.4 Å². The van der Waals surface area contributed by atoms with Crippen LogP contribution >= 0.6 is 23.6 Å². The molecule has 2 amide bonds. The van der Waals surface area contributed by atoms with E-state index < -0.39 is 48.7 Å². The van der Waals surface area contributed by atoms with Crippen molar-refractivity contribution in [2.45, 2.75) is 51.0 Å². The first-order valence-corrected chi connectivity index (χ1v) is 11.2. The summed E-state index contributed by atoms with van der Waals surface area (Å²) in [4.78, 5) is 22.0. The van der Waals surface area contributed by atoms with Crippen LogP contribution < -0.4 is 11.1 Å². The summed E-state index contributed by atoms with van der Waals surface area (Å²) in [6.07, 6.45) is -8.20. The summed E-state index contributed by atoms with van der Waals surface area (Å²) in [6, 6.07) is 0.906. The molecule has 0 aromatic carbocycles. The molecule has 6 nitrogen and oxygen atoms in total. The second-order valence-corrected chi connectivity index (χ2v) is 9.93. The minimum Gasteiger partial charge on any atom is -0.392 e. The van der Waals surface area contributed by atoms with Crippen molar-refractivity contribution in [3.05, 3.63) is 29.7 Å². The van der Waals surface area contributed by atoms with Gasteiger partial charge in [-0.15, -0.1) is 0 Å². The van der Waals surface area contributed by atoms with Crippen LogP contribution in [0.15, 0.2) is 18.3 Å². The van der Waals surface area contributed by atoms with Gasteiger partial charge in [0.15, 0.2) is 5.13 Å². The Labute approximate surface area is 200 Å². The Morgan fingerprint density at radius 1 is 1.26 bits per heavy atom. The third kappa shape index (κ3) is 5.11. The molecule has 0 bridgehead atoms. The predicted molar refractivity (Wildman–Crippen MR) is 120 cm³/mol. The molecular formula is C20H21F6N5OS2. The fraction of sp³-hybridized carbons (Fsp3) is 0.500.